The van der Waals surface area contributed by atoms with Gasteiger partial charge < -0.3 is 30.6 Å². The Morgan fingerprint density at radius 2 is 1.86 bits per heavy atom. The predicted molar refractivity (Wildman–Crippen MR) is 163 cm³/mol. The van der Waals surface area contributed by atoms with Gasteiger partial charge >= 0.3 is 12.1 Å². The maximum Gasteiger partial charge on any atom is 0.404 e. The molecule has 1 aliphatic heterocycles. The van der Waals surface area contributed by atoms with E-state index in [4.69, 9.17) is 31.5 Å². The van der Waals surface area contributed by atoms with Gasteiger partial charge in [0.25, 0.3) is 0 Å². The third-order valence-corrected chi connectivity index (χ3v) is 6.30. The van der Waals surface area contributed by atoms with Crippen molar-refractivity contribution in [2.45, 2.75) is 79.1 Å². The van der Waals surface area contributed by atoms with Crippen LogP contribution in [0.25, 0.3) is 0 Å². The second kappa shape index (κ2) is 17.9. The predicted octanol–water partition coefficient (Wildman–Crippen LogP) is 5.07. The smallest absolute Gasteiger partial charge is 0.404 e. The molecule has 4 N–H and O–H groups in total. The highest BCUT2D eigenvalue weighted by molar-refractivity contribution is 6.29. The van der Waals surface area contributed by atoms with Crippen LogP contribution in [0.5, 0.6) is 0 Å². The molecule has 1 rings (SSSR count). The summed E-state index contributed by atoms with van der Waals surface area (Å²) in [5.74, 6) is -1.10. The molecule has 0 aromatic heterocycles. The number of nitrogens with one attached hydrogen (secondary N) is 2. The fourth-order valence-corrected chi connectivity index (χ4v) is 4.02. The minimum absolute atomic E-state index is 0.0196. The fourth-order valence-electron chi connectivity index (χ4n) is 3.93. The molecule has 10 nitrogen and oxygen atoms in total. The number of methoxy groups -OCH3 is 1. The Morgan fingerprint density at radius 3 is 2.43 bits per heavy atom. The summed E-state index contributed by atoms with van der Waals surface area (Å²) in [6.45, 7) is 11.1. The van der Waals surface area contributed by atoms with Gasteiger partial charge in [0.15, 0.2) is 5.76 Å². The molecule has 4 atom stereocenters. The van der Waals surface area contributed by atoms with Crippen LogP contribution in [0.1, 0.15) is 60.8 Å². The molecule has 0 bridgehead atoms. The van der Waals surface area contributed by atoms with Crippen molar-refractivity contribution in [3.05, 3.63) is 71.2 Å². The molecule has 0 saturated carbocycles. The summed E-state index contributed by atoms with van der Waals surface area (Å²) in [5.41, 5.74) is 5.48. The number of allylic oxidation sites excluding steroid dienone is 5. The topological polar surface area (TPSA) is 146 Å². The van der Waals surface area contributed by atoms with E-state index in [0.717, 1.165) is 5.57 Å². The fraction of sp³-hybridized carbons (Fsp3) is 0.484. The van der Waals surface area contributed by atoms with Gasteiger partial charge in [0, 0.05) is 36.3 Å². The zero-order valence-electron chi connectivity index (χ0n) is 25.4. The lowest BCUT2D eigenvalue weighted by Crippen LogP contribution is -2.52. The molecule has 0 saturated heterocycles. The number of rotatable bonds is 14. The van der Waals surface area contributed by atoms with Gasteiger partial charge in [-0.25, -0.2) is 9.59 Å². The largest absolute Gasteiger partial charge is 0.490 e. The first-order valence-corrected chi connectivity index (χ1v) is 14.0. The summed E-state index contributed by atoms with van der Waals surface area (Å²) in [7, 11) is 1.43. The van der Waals surface area contributed by atoms with Crippen LogP contribution < -0.4 is 16.4 Å². The monoisotopic (exact) mass is 605 g/mol. The molecular weight excluding hydrogens is 562 g/mol. The van der Waals surface area contributed by atoms with E-state index in [0.29, 0.717) is 24.3 Å². The van der Waals surface area contributed by atoms with E-state index in [-0.39, 0.29) is 17.8 Å². The summed E-state index contributed by atoms with van der Waals surface area (Å²) in [6.07, 6.45) is 14.5. The van der Waals surface area contributed by atoms with Crippen LogP contribution in [-0.4, -0.2) is 49.2 Å². The van der Waals surface area contributed by atoms with Gasteiger partial charge in [-0.3, -0.25) is 9.59 Å². The van der Waals surface area contributed by atoms with E-state index >= 15 is 0 Å². The zero-order valence-corrected chi connectivity index (χ0v) is 26.2. The minimum Gasteiger partial charge on any atom is -0.490 e. The molecule has 0 aromatic rings. The first kappa shape index (κ1) is 36.2. The Balaban J connectivity index is 2.70. The Kier molecular flexibility index (Phi) is 15.4. The number of primary amides is 1. The maximum atomic E-state index is 12.9. The van der Waals surface area contributed by atoms with E-state index in [9.17, 15) is 19.2 Å². The molecule has 11 heteroatoms. The van der Waals surface area contributed by atoms with Crippen molar-refractivity contribution in [1.29, 1.82) is 0 Å². The summed E-state index contributed by atoms with van der Waals surface area (Å²) in [5, 5.41) is 5.98. The number of carbonyl (C=O) groups is 4. The van der Waals surface area contributed by atoms with Crippen molar-refractivity contribution in [3.8, 4) is 0 Å². The van der Waals surface area contributed by atoms with E-state index in [1.807, 2.05) is 46.8 Å². The van der Waals surface area contributed by atoms with E-state index < -0.39 is 41.4 Å². The zero-order chi connectivity index (χ0) is 31.9. The van der Waals surface area contributed by atoms with E-state index in [1.165, 1.54) is 19.4 Å². The lowest BCUT2D eigenvalue weighted by molar-refractivity contribution is -0.151. The quantitative estimate of drug-likeness (QED) is 0.142. The van der Waals surface area contributed by atoms with Crippen molar-refractivity contribution in [1.82, 2.24) is 10.6 Å². The average molecular weight is 606 g/mol. The number of amides is 3. The van der Waals surface area contributed by atoms with Crippen molar-refractivity contribution in [3.63, 3.8) is 0 Å². The lowest BCUT2D eigenvalue weighted by Gasteiger charge is -2.29. The SMILES string of the molecule is COC1=CCC(C(C)/C=C(C)/C=C\C=C\C(=O)NC(C(=O)N/C=C\CC(C/C=C(\C)Cl)OC(N)=O)C(C)(C)C)OC1=O. The molecule has 1 heterocycles. The first-order valence-electron chi connectivity index (χ1n) is 13.7. The van der Waals surface area contributed by atoms with E-state index in [2.05, 4.69) is 10.6 Å². The number of carbonyl (C=O) groups excluding carboxylic acids is 4. The van der Waals surface area contributed by atoms with Crippen molar-refractivity contribution < 1.29 is 33.4 Å². The Morgan fingerprint density at radius 1 is 1.19 bits per heavy atom. The molecular formula is C31H44ClN3O7. The second-order valence-corrected chi connectivity index (χ2v) is 11.6. The Bertz CT molecular complexity index is 1140. The van der Waals surface area contributed by atoms with Gasteiger partial charge in [0.1, 0.15) is 18.2 Å². The number of ether oxygens (including phenoxy) is 3. The van der Waals surface area contributed by atoms with Crippen LogP contribution in [0.2, 0.25) is 0 Å². The molecule has 4 unspecified atom stereocenters. The van der Waals surface area contributed by atoms with Crippen molar-refractivity contribution in [2.24, 2.45) is 17.1 Å². The summed E-state index contributed by atoms with van der Waals surface area (Å²) < 4.78 is 15.5. The van der Waals surface area contributed by atoms with Gasteiger partial charge in [-0.2, -0.15) is 0 Å². The molecule has 0 fully saturated rings. The minimum atomic E-state index is -0.900. The van der Waals surface area contributed by atoms with Crippen LogP contribution in [0.15, 0.2) is 71.2 Å². The van der Waals surface area contributed by atoms with Crippen LogP contribution in [-0.2, 0) is 28.6 Å². The summed E-state index contributed by atoms with van der Waals surface area (Å²) in [4.78, 5) is 48.5. The van der Waals surface area contributed by atoms with Crippen molar-refractivity contribution in [2.75, 3.05) is 7.11 Å². The summed E-state index contributed by atoms with van der Waals surface area (Å²) >= 11 is 5.84. The molecule has 1 aliphatic rings. The van der Waals surface area contributed by atoms with Gasteiger partial charge in [-0.15, -0.1) is 0 Å². The Hall–Kier alpha value is -3.79. The van der Waals surface area contributed by atoms with Gasteiger partial charge in [0.05, 0.1) is 7.11 Å². The highest BCUT2D eigenvalue weighted by Crippen LogP contribution is 2.23. The first-order chi connectivity index (χ1) is 19.6. The van der Waals surface area contributed by atoms with Gasteiger partial charge in [0.2, 0.25) is 11.8 Å². The molecule has 0 aliphatic carbocycles. The number of nitrogens with two attached hydrogens (primary N) is 1. The number of hydrogen-bond donors (Lipinski definition) is 3. The number of esters is 1. The molecule has 0 aromatic carbocycles. The molecule has 0 radical (unpaired) electrons. The second-order valence-electron chi connectivity index (χ2n) is 11.0. The van der Waals surface area contributed by atoms with E-state index in [1.54, 1.807) is 37.3 Å². The van der Waals surface area contributed by atoms with Crippen LogP contribution in [0, 0.1) is 11.3 Å². The third kappa shape index (κ3) is 14.2. The van der Waals surface area contributed by atoms with Crippen molar-refractivity contribution >= 4 is 35.5 Å². The Labute approximate surface area is 253 Å². The lowest BCUT2D eigenvalue weighted by atomic mass is 9.86. The third-order valence-electron chi connectivity index (χ3n) is 6.15. The molecule has 0 spiro atoms. The maximum absolute atomic E-state index is 12.9. The highest BCUT2D eigenvalue weighted by Gasteiger charge is 2.32. The molecule has 42 heavy (non-hydrogen) atoms. The van der Waals surface area contributed by atoms with Gasteiger partial charge in [-0.05, 0) is 31.5 Å². The highest BCUT2D eigenvalue weighted by atomic mass is 35.5. The normalized spacial score (nSPS) is 18.8. The van der Waals surface area contributed by atoms with Crippen LogP contribution >= 0.6 is 11.6 Å². The number of cyclic esters (lactones) is 1. The van der Waals surface area contributed by atoms with Crippen LogP contribution in [0.3, 0.4) is 0 Å². The van der Waals surface area contributed by atoms with Crippen LogP contribution in [0.4, 0.5) is 4.79 Å². The summed E-state index contributed by atoms with van der Waals surface area (Å²) in [6, 6.07) is -0.823. The molecule has 232 valence electrons. The standard InChI is InChI=1S/C31H44ClN3O7/c1-20(19-21(2)24-16-17-25(40-7)29(38)42-24)11-8-9-13-26(36)35-27(31(4,5)6)28(37)34-18-10-12-23(41-30(33)39)15-14-22(3)32/h8-11,13-14,17-19,21,23-24,27H,12,15-16H2,1-7H3,(H2,33,39)(H,34,37)(H,35,36)/b11-8-,13-9+,18-10-,20-19+,22-14+. The average Bonchev–Trinajstić information content (AvgIpc) is 2.89. The van der Waals surface area contributed by atoms with Gasteiger partial charge in [-0.1, -0.05) is 81.3 Å². The molecule has 3 amide bonds. The number of halogens is 1. The number of hydrogen-bond acceptors (Lipinski definition) is 7.